The van der Waals surface area contributed by atoms with Crippen LogP contribution in [0, 0.1) is 6.92 Å². The molecule has 0 spiro atoms. The van der Waals surface area contributed by atoms with Gasteiger partial charge in [0, 0.05) is 44.8 Å². The van der Waals surface area contributed by atoms with E-state index in [-0.39, 0.29) is 0 Å². The van der Waals surface area contributed by atoms with Crippen LogP contribution in [0.1, 0.15) is 24.1 Å². The van der Waals surface area contributed by atoms with Gasteiger partial charge in [0.05, 0.1) is 0 Å². The zero-order valence-electron chi connectivity index (χ0n) is 12.1. The number of nitrogens with one attached hydrogen (secondary N) is 1. The molecule has 3 nitrogen and oxygen atoms in total. The van der Waals surface area contributed by atoms with Crippen LogP contribution in [0.15, 0.2) is 24.3 Å². The highest BCUT2D eigenvalue weighted by molar-refractivity contribution is 5.27. The summed E-state index contributed by atoms with van der Waals surface area (Å²) in [4.78, 5) is 5.29. The van der Waals surface area contributed by atoms with E-state index in [1.807, 2.05) is 0 Å². The average molecular weight is 259 g/mol. The van der Waals surface area contributed by atoms with Crippen LogP contribution in [0.5, 0.6) is 0 Å². The second-order valence-electron chi connectivity index (χ2n) is 5.85. The van der Waals surface area contributed by atoms with Crippen LogP contribution < -0.4 is 5.32 Å². The highest BCUT2D eigenvalue weighted by Gasteiger charge is 2.36. The molecule has 3 aliphatic heterocycles. The molecular weight excluding hydrogens is 234 g/mol. The Morgan fingerprint density at radius 1 is 1.26 bits per heavy atom. The van der Waals surface area contributed by atoms with Gasteiger partial charge in [-0.15, -0.1) is 0 Å². The summed E-state index contributed by atoms with van der Waals surface area (Å²) in [5.74, 6) is 0. The number of piperazine rings is 3. The third kappa shape index (κ3) is 2.69. The zero-order valence-corrected chi connectivity index (χ0v) is 12.1. The van der Waals surface area contributed by atoms with Crippen LogP contribution >= 0.6 is 0 Å². The maximum absolute atomic E-state index is 3.71. The highest BCUT2D eigenvalue weighted by atomic mass is 15.4. The van der Waals surface area contributed by atoms with Crippen LogP contribution in [0.3, 0.4) is 0 Å². The van der Waals surface area contributed by atoms with Crippen molar-refractivity contribution in [2.75, 3.05) is 39.3 Å². The van der Waals surface area contributed by atoms with Gasteiger partial charge in [-0.1, -0.05) is 36.8 Å². The van der Waals surface area contributed by atoms with Crippen LogP contribution in [-0.4, -0.2) is 55.1 Å². The van der Waals surface area contributed by atoms with Gasteiger partial charge in [0.1, 0.15) is 0 Å². The SMILES string of the molecule is CCNC(c1cccc(C)c1)C1CN2CCN1CC2. The first-order chi connectivity index (χ1) is 9.28. The number of nitrogens with zero attached hydrogens (tertiary/aromatic N) is 2. The molecule has 0 saturated carbocycles. The van der Waals surface area contributed by atoms with E-state index < -0.39 is 0 Å². The molecule has 2 bridgehead atoms. The van der Waals surface area contributed by atoms with Gasteiger partial charge in [-0.05, 0) is 19.0 Å². The highest BCUT2D eigenvalue weighted by Crippen LogP contribution is 2.27. The Balaban J connectivity index is 1.84. The minimum absolute atomic E-state index is 0.466. The van der Waals surface area contributed by atoms with Gasteiger partial charge in [0.2, 0.25) is 0 Å². The van der Waals surface area contributed by atoms with E-state index in [2.05, 4.69) is 53.2 Å². The maximum atomic E-state index is 3.71. The first kappa shape index (κ1) is 13.1. The molecule has 0 aromatic heterocycles. The zero-order chi connectivity index (χ0) is 13.2. The molecule has 1 aromatic carbocycles. The van der Waals surface area contributed by atoms with Crippen molar-refractivity contribution < 1.29 is 0 Å². The fourth-order valence-electron chi connectivity index (χ4n) is 3.53. The summed E-state index contributed by atoms with van der Waals surface area (Å²) in [6, 6.07) is 10.1. The van der Waals surface area contributed by atoms with Crippen molar-refractivity contribution in [3.63, 3.8) is 0 Å². The lowest BCUT2D eigenvalue weighted by Crippen LogP contribution is -2.63. The smallest absolute Gasteiger partial charge is 0.0490 e. The fourth-order valence-corrected chi connectivity index (χ4v) is 3.53. The molecule has 2 atom stereocenters. The topological polar surface area (TPSA) is 18.5 Å². The molecule has 0 radical (unpaired) electrons. The molecule has 1 N–H and O–H groups in total. The van der Waals surface area contributed by atoms with Gasteiger partial charge in [-0.25, -0.2) is 0 Å². The Hall–Kier alpha value is -0.900. The predicted molar refractivity (Wildman–Crippen MR) is 79.4 cm³/mol. The molecule has 3 aliphatic rings. The van der Waals surface area contributed by atoms with Gasteiger partial charge in [0.25, 0.3) is 0 Å². The summed E-state index contributed by atoms with van der Waals surface area (Å²) >= 11 is 0. The van der Waals surface area contributed by atoms with Crippen molar-refractivity contribution in [3.8, 4) is 0 Å². The Morgan fingerprint density at radius 3 is 2.63 bits per heavy atom. The van der Waals surface area contributed by atoms with E-state index >= 15 is 0 Å². The average Bonchev–Trinajstić information content (AvgIpc) is 2.46. The third-order valence-electron chi connectivity index (χ3n) is 4.53. The summed E-state index contributed by atoms with van der Waals surface area (Å²) in [5, 5.41) is 3.71. The minimum Gasteiger partial charge on any atom is -0.309 e. The molecule has 0 amide bonds. The second-order valence-corrected chi connectivity index (χ2v) is 5.85. The van der Waals surface area contributed by atoms with Gasteiger partial charge in [0.15, 0.2) is 0 Å². The number of rotatable bonds is 4. The normalized spacial score (nSPS) is 31.4. The van der Waals surface area contributed by atoms with Crippen molar-refractivity contribution >= 4 is 0 Å². The number of hydrogen-bond acceptors (Lipinski definition) is 3. The van der Waals surface area contributed by atoms with Gasteiger partial charge in [-0.3, -0.25) is 9.80 Å². The molecule has 3 heterocycles. The number of aryl methyl sites for hydroxylation is 1. The molecule has 0 aliphatic carbocycles. The first-order valence-electron chi connectivity index (χ1n) is 7.54. The summed E-state index contributed by atoms with van der Waals surface area (Å²) in [6.07, 6.45) is 0. The summed E-state index contributed by atoms with van der Waals surface area (Å²) < 4.78 is 0. The van der Waals surface area contributed by atoms with Crippen LogP contribution in [0.25, 0.3) is 0 Å². The molecule has 1 aromatic rings. The largest absolute Gasteiger partial charge is 0.309 e. The number of hydrogen-bond donors (Lipinski definition) is 1. The van der Waals surface area contributed by atoms with Crippen LogP contribution in [-0.2, 0) is 0 Å². The Labute approximate surface area is 116 Å². The van der Waals surface area contributed by atoms with E-state index in [0.717, 1.165) is 6.54 Å². The summed E-state index contributed by atoms with van der Waals surface area (Å²) in [5.41, 5.74) is 2.80. The number of likely N-dealkylation sites (N-methyl/N-ethyl adjacent to an activating group) is 1. The lowest BCUT2D eigenvalue weighted by atomic mass is 9.93. The first-order valence-corrected chi connectivity index (χ1v) is 7.54. The molecule has 3 saturated heterocycles. The molecule has 4 rings (SSSR count). The molecule has 19 heavy (non-hydrogen) atoms. The molecule has 2 unspecified atom stereocenters. The Morgan fingerprint density at radius 2 is 2.05 bits per heavy atom. The number of fused-ring (bicyclic) bond motifs is 3. The van der Waals surface area contributed by atoms with Gasteiger partial charge >= 0.3 is 0 Å². The van der Waals surface area contributed by atoms with E-state index in [1.165, 1.54) is 43.9 Å². The van der Waals surface area contributed by atoms with Gasteiger partial charge < -0.3 is 5.32 Å². The van der Waals surface area contributed by atoms with Crippen molar-refractivity contribution in [2.45, 2.75) is 25.9 Å². The third-order valence-corrected chi connectivity index (χ3v) is 4.53. The second kappa shape index (κ2) is 5.61. The molecule has 104 valence electrons. The van der Waals surface area contributed by atoms with Crippen LogP contribution in [0.2, 0.25) is 0 Å². The fraction of sp³-hybridized carbons (Fsp3) is 0.625. The molecule has 3 heteroatoms. The standard InChI is InChI=1S/C16H25N3/c1-3-17-16(14-6-4-5-13(2)11-14)15-12-18-7-9-19(15)10-8-18/h4-6,11,15-17H,3,7-10,12H2,1-2H3. The lowest BCUT2D eigenvalue weighted by Gasteiger charge is -2.50. The summed E-state index contributed by atoms with van der Waals surface area (Å²) in [6.45, 7) is 11.6. The van der Waals surface area contributed by atoms with E-state index in [1.54, 1.807) is 0 Å². The minimum atomic E-state index is 0.466. The lowest BCUT2D eigenvalue weighted by molar-refractivity contribution is -0.00343. The molecule has 3 fully saturated rings. The van der Waals surface area contributed by atoms with E-state index in [0.29, 0.717) is 12.1 Å². The van der Waals surface area contributed by atoms with Crippen molar-refractivity contribution in [1.82, 2.24) is 15.1 Å². The molecular formula is C16H25N3. The maximum Gasteiger partial charge on any atom is 0.0490 e. The monoisotopic (exact) mass is 259 g/mol. The van der Waals surface area contributed by atoms with Crippen LogP contribution in [0.4, 0.5) is 0 Å². The Kier molecular flexibility index (Phi) is 3.87. The summed E-state index contributed by atoms with van der Waals surface area (Å²) in [7, 11) is 0. The Bertz CT molecular complexity index is 424. The van der Waals surface area contributed by atoms with Crippen molar-refractivity contribution in [1.29, 1.82) is 0 Å². The van der Waals surface area contributed by atoms with Crippen molar-refractivity contribution in [2.24, 2.45) is 0 Å². The quantitative estimate of drug-likeness (QED) is 0.887. The van der Waals surface area contributed by atoms with Gasteiger partial charge in [-0.2, -0.15) is 0 Å². The number of benzene rings is 1. The van der Waals surface area contributed by atoms with E-state index in [9.17, 15) is 0 Å². The van der Waals surface area contributed by atoms with E-state index in [4.69, 9.17) is 0 Å². The van der Waals surface area contributed by atoms with Crippen molar-refractivity contribution in [3.05, 3.63) is 35.4 Å². The predicted octanol–water partition coefficient (Wildman–Crippen LogP) is 1.65.